The second-order valence-corrected chi connectivity index (χ2v) is 7.17. The van der Waals surface area contributed by atoms with Gasteiger partial charge in [0.1, 0.15) is 11.5 Å². The minimum absolute atomic E-state index is 0.289. The van der Waals surface area contributed by atoms with Crippen molar-refractivity contribution in [2.75, 3.05) is 7.11 Å². The first-order valence-corrected chi connectivity index (χ1v) is 8.82. The Labute approximate surface area is 150 Å². The fraction of sp³-hybridized carbons (Fsp3) is 0.250. The van der Waals surface area contributed by atoms with Crippen LogP contribution in [0.3, 0.4) is 0 Å². The molecule has 2 nitrogen and oxygen atoms in total. The van der Waals surface area contributed by atoms with Crippen molar-refractivity contribution in [1.82, 2.24) is 0 Å². The second-order valence-electron chi connectivity index (χ2n) is 4.79. The summed E-state index contributed by atoms with van der Waals surface area (Å²) in [7, 11) is 1.67. The molecule has 0 aromatic heterocycles. The average molecular weight is 479 g/mol. The molecule has 0 saturated heterocycles. The van der Waals surface area contributed by atoms with Crippen molar-refractivity contribution in [2.45, 2.75) is 19.8 Å². The Morgan fingerprint density at radius 2 is 1.43 bits per heavy atom. The molecule has 5 heteroatoms. The molecule has 0 aliphatic heterocycles. The van der Waals surface area contributed by atoms with Crippen molar-refractivity contribution in [2.24, 2.45) is 0 Å². The van der Waals surface area contributed by atoms with Gasteiger partial charge in [-0.25, -0.2) is 0 Å². The van der Waals surface area contributed by atoms with E-state index in [1.165, 1.54) is 0 Å². The number of methoxy groups -OCH3 is 1. The monoisotopic (exact) mass is 476 g/mol. The van der Waals surface area contributed by atoms with Crippen LogP contribution in [0.5, 0.6) is 17.2 Å². The zero-order chi connectivity index (χ0) is 15.6. The van der Waals surface area contributed by atoms with Gasteiger partial charge in [0, 0.05) is 5.56 Å². The Kier molecular flexibility index (Phi) is 5.74. The molecule has 0 N–H and O–H groups in total. The molecule has 0 heterocycles. The van der Waals surface area contributed by atoms with Crippen molar-refractivity contribution >= 4 is 47.8 Å². The van der Waals surface area contributed by atoms with Crippen molar-refractivity contribution in [1.29, 1.82) is 0 Å². The van der Waals surface area contributed by atoms with Gasteiger partial charge in [-0.1, -0.05) is 32.0 Å². The van der Waals surface area contributed by atoms with Gasteiger partial charge in [0.05, 0.1) is 20.5 Å². The largest absolute Gasteiger partial charge is 0.495 e. The molecule has 0 bridgehead atoms. The Balaban J connectivity index is 2.61. The van der Waals surface area contributed by atoms with Crippen molar-refractivity contribution < 1.29 is 9.47 Å². The minimum Gasteiger partial charge on any atom is -0.495 e. The lowest BCUT2D eigenvalue weighted by Crippen LogP contribution is -2.00. The number of rotatable bonds is 4. The van der Waals surface area contributed by atoms with Gasteiger partial charge in [0.2, 0.25) is 0 Å². The first kappa shape index (κ1) is 16.8. The number of halogens is 3. The van der Waals surface area contributed by atoms with E-state index >= 15 is 0 Å². The highest BCUT2D eigenvalue weighted by Gasteiger charge is 2.24. The van der Waals surface area contributed by atoms with Crippen LogP contribution in [0.25, 0.3) is 0 Å². The van der Waals surface area contributed by atoms with Crippen molar-refractivity contribution in [3.63, 3.8) is 0 Å². The van der Waals surface area contributed by atoms with E-state index in [0.717, 1.165) is 36.2 Å². The molecule has 112 valence electrons. The summed E-state index contributed by atoms with van der Waals surface area (Å²) in [6, 6.07) is 9.69. The maximum absolute atomic E-state index is 6.03. The summed E-state index contributed by atoms with van der Waals surface area (Å²) >= 11 is 10.8. The highest BCUT2D eigenvalue weighted by molar-refractivity contribution is 9.13. The predicted octanol–water partition coefficient (Wildman–Crippen LogP) is 6.90. The molecular formula is C16H15Br3O2. The average Bonchev–Trinajstić information content (AvgIpc) is 2.47. The van der Waals surface area contributed by atoms with E-state index in [4.69, 9.17) is 9.47 Å². The topological polar surface area (TPSA) is 18.5 Å². The predicted molar refractivity (Wildman–Crippen MR) is 96.7 cm³/mol. The third kappa shape index (κ3) is 3.46. The molecule has 0 unspecified atom stereocenters. The lowest BCUT2D eigenvalue weighted by molar-refractivity contribution is 0.400. The number of ether oxygens (including phenoxy) is 2. The molecule has 2 aromatic rings. The van der Waals surface area contributed by atoms with E-state index in [-0.39, 0.29) is 5.92 Å². The van der Waals surface area contributed by atoms with Gasteiger partial charge in [-0.3, -0.25) is 0 Å². The molecular weight excluding hydrogens is 464 g/mol. The molecule has 0 aliphatic rings. The highest BCUT2D eigenvalue weighted by atomic mass is 79.9. The first-order chi connectivity index (χ1) is 9.97. The normalized spacial score (nSPS) is 10.8. The summed E-state index contributed by atoms with van der Waals surface area (Å²) in [6.45, 7) is 4.24. The van der Waals surface area contributed by atoms with Gasteiger partial charge in [-0.15, -0.1) is 0 Å². The van der Waals surface area contributed by atoms with Gasteiger partial charge in [-0.2, -0.15) is 0 Å². The van der Waals surface area contributed by atoms with Crippen LogP contribution < -0.4 is 9.47 Å². The lowest BCUT2D eigenvalue weighted by Gasteiger charge is -2.20. The smallest absolute Gasteiger partial charge is 0.157 e. The Morgan fingerprint density at radius 1 is 0.857 bits per heavy atom. The fourth-order valence-electron chi connectivity index (χ4n) is 2.05. The summed E-state index contributed by atoms with van der Waals surface area (Å²) in [5, 5.41) is 0. The van der Waals surface area contributed by atoms with E-state index in [1.54, 1.807) is 7.11 Å². The standard InChI is InChI=1S/C16H15Br3O2/c1-9(2)11-12(17)16(14(19)13(18)15(11)20-3)21-10-7-5-4-6-8-10/h4-9H,1-3H3. The van der Waals surface area contributed by atoms with Crippen LogP contribution in [0.2, 0.25) is 0 Å². The Hall–Kier alpha value is -0.520. The Bertz CT molecular complexity index is 640. The van der Waals surface area contributed by atoms with E-state index in [2.05, 4.69) is 61.6 Å². The molecule has 21 heavy (non-hydrogen) atoms. The van der Waals surface area contributed by atoms with Gasteiger partial charge in [-0.05, 0) is 65.8 Å². The quantitative estimate of drug-likeness (QED) is 0.445. The summed E-state index contributed by atoms with van der Waals surface area (Å²) in [4.78, 5) is 0. The molecule has 0 aliphatic carbocycles. The number of hydrogen-bond acceptors (Lipinski definition) is 2. The van der Waals surface area contributed by atoms with Crippen LogP contribution >= 0.6 is 47.8 Å². The van der Waals surface area contributed by atoms with Crippen molar-refractivity contribution in [3.05, 3.63) is 49.3 Å². The lowest BCUT2D eigenvalue weighted by atomic mass is 10.0. The molecule has 0 spiro atoms. The van der Waals surface area contributed by atoms with Crippen LogP contribution in [-0.4, -0.2) is 7.11 Å². The molecule has 0 radical (unpaired) electrons. The zero-order valence-electron chi connectivity index (χ0n) is 11.9. The molecule has 0 saturated carbocycles. The summed E-state index contributed by atoms with van der Waals surface area (Å²) in [5.41, 5.74) is 1.07. The van der Waals surface area contributed by atoms with Gasteiger partial charge in [0.15, 0.2) is 5.75 Å². The molecule has 2 rings (SSSR count). The second kappa shape index (κ2) is 7.16. The van der Waals surface area contributed by atoms with Crippen LogP contribution in [-0.2, 0) is 0 Å². The Morgan fingerprint density at radius 3 is 1.95 bits per heavy atom. The first-order valence-electron chi connectivity index (χ1n) is 6.44. The van der Waals surface area contributed by atoms with Crippen LogP contribution in [0, 0.1) is 0 Å². The molecule has 0 amide bonds. The third-order valence-electron chi connectivity index (χ3n) is 3.02. The van der Waals surface area contributed by atoms with Gasteiger partial charge in [0.25, 0.3) is 0 Å². The van der Waals surface area contributed by atoms with Crippen LogP contribution in [0.4, 0.5) is 0 Å². The summed E-state index contributed by atoms with van der Waals surface area (Å²) in [6.07, 6.45) is 0. The third-order valence-corrected chi connectivity index (χ3v) is 5.85. The maximum atomic E-state index is 6.03. The van der Waals surface area contributed by atoms with Gasteiger partial charge < -0.3 is 9.47 Å². The number of hydrogen-bond donors (Lipinski definition) is 0. The van der Waals surface area contributed by atoms with E-state index < -0.39 is 0 Å². The van der Waals surface area contributed by atoms with Crippen LogP contribution in [0.1, 0.15) is 25.3 Å². The highest BCUT2D eigenvalue weighted by Crippen LogP contribution is 2.51. The van der Waals surface area contributed by atoms with Crippen molar-refractivity contribution in [3.8, 4) is 17.2 Å². The maximum Gasteiger partial charge on any atom is 0.157 e. The SMILES string of the molecule is COc1c(Br)c(Br)c(Oc2ccccc2)c(Br)c1C(C)C. The zero-order valence-corrected chi connectivity index (χ0v) is 16.7. The molecule has 0 fully saturated rings. The van der Waals surface area contributed by atoms with Crippen LogP contribution in [0.15, 0.2) is 43.7 Å². The number of benzene rings is 2. The number of para-hydroxylation sites is 1. The molecule has 0 atom stereocenters. The molecule has 2 aromatic carbocycles. The van der Waals surface area contributed by atoms with E-state index in [9.17, 15) is 0 Å². The van der Waals surface area contributed by atoms with Gasteiger partial charge >= 0.3 is 0 Å². The summed E-state index contributed by atoms with van der Waals surface area (Å²) in [5.74, 6) is 2.62. The summed E-state index contributed by atoms with van der Waals surface area (Å²) < 4.78 is 14.1. The fourth-order valence-corrected chi connectivity index (χ4v) is 4.24. The minimum atomic E-state index is 0.289. The van der Waals surface area contributed by atoms with E-state index in [0.29, 0.717) is 0 Å². The van der Waals surface area contributed by atoms with E-state index in [1.807, 2.05) is 30.3 Å².